The van der Waals surface area contributed by atoms with Gasteiger partial charge < -0.3 is 20.1 Å². The Balaban J connectivity index is 3.14. The molecule has 114 valence electrons. The van der Waals surface area contributed by atoms with Gasteiger partial charge in [-0.05, 0) is 27.7 Å². The van der Waals surface area contributed by atoms with E-state index in [1.807, 2.05) is 27.7 Å². The summed E-state index contributed by atoms with van der Waals surface area (Å²) in [5.74, 6) is -0.206. The molecule has 1 atom stereocenters. The zero-order valence-corrected chi connectivity index (χ0v) is 12.9. The van der Waals surface area contributed by atoms with Crippen molar-refractivity contribution < 1.29 is 13.9 Å². The normalized spacial score (nSPS) is 12.6. The highest BCUT2D eigenvalue weighted by Crippen LogP contribution is 2.32. The molecule has 0 spiro atoms. The second kappa shape index (κ2) is 7.33. The van der Waals surface area contributed by atoms with Gasteiger partial charge in [0.05, 0.1) is 24.1 Å². The first-order valence-corrected chi connectivity index (χ1v) is 6.91. The fraction of sp³-hybridized carbons (Fsp3) is 0.600. The summed E-state index contributed by atoms with van der Waals surface area (Å²) in [7, 11) is 1.66. The van der Waals surface area contributed by atoms with Gasteiger partial charge in [0, 0.05) is 31.8 Å². The number of benzene rings is 1. The first-order valence-electron chi connectivity index (χ1n) is 6.91. The van der Waals surface area contributed by atoms with Crippen LogP contribution in [-0.2, 0) is 4.74 Å². The maximum Gasteiger partial charge on any atom is 0.167 e. The maximum atomic E-state index is 13.9. The van der Waals surface area contributed by atoms with Crippen molar-refractivity contribution in [1.29, 1.82) is 0 Å². The Morgan fingerprint density at radius 2 is 1.95 bits per heavy atom. The average molecular weight is 284 g/mol. The smallest absolute Gasteiger partial charge is 0.167 e. The monoisotopic (exact) mass is 284 g/mol. The van der Waals surface area contributed by atoms with Crippen LogP contribution in [0.3, 0.4) is 0 Å². The number of likely N-dealkylation sites (N-methyl/N-ethyl adjacent to an activating group) is 1. The molecule has 1 rings (SSSR count). The lowest BCUT2D eigenvalue weighted by Crippen LogP contribution is -2.36. The molecular weight excluding hydrogens is 259 g/mol. The Morgan fingerprint density at radius 3 is 2.45 bits per heavy atom. The predicted octanol–water partition coefficient (Wildman–Crippen LogP) is 3.06. The van der Waals surface area contributed by atoms with E-state index in [2.05, 4.69) is 4.90 Å². The zero-order chi connectivity index (χ0) is 15.3. The molecule has 2 N–H and O–H groups in total. The Kier molecular flexibility index (Phi) is 6.07. The third-order valence-electron chi connectivity index (χ3n) is 3.03. The van der Waals surface area contributed by atoms with Crippen molar-refractivity contribution in [1.82, 2.24) is 0 Å². The van der Waals surface area contributed by atoms with E-state index in [0.717, 1.165) is 12.2 Å². The fourth-order valence-corrected chi connectivity index (χ4v) is 2.20. The number of nitrogens with zero attached hydrogens (tertiary/aromatic N) is 1. The number of hydrogen-bond donors (Lipinski definition) is 1. The van der Waals surface area contributed by atoms with Gasteiger partial charge >= 0.3 is 0 Å². The molecule has 0 bridgehead atoms. The highest BCUT2D eigenvalue weighted by atomic mass is 19.1. The van der Waals surface area contributed by atoms with E-state index in [1.165, 1.54) is 6.07 Å². The van der Waals surface area contributed by atoms with E-state index in [9.17, 15) is 4.39 Å². The quantitative estimate of drug-likeness (QED) is 0.782. The lowest BCUT2D eigenvalue weighted by molar-refractivity contribution is 0.182. The van der Waals surface area contributed by atoms with Gasteiger partial charge in [-0.1, -0.05) is 0 Å². The molecule has 0 aliphatic heterocycles. The molecule has 1 unspecified atom stereocenters. The molecule has 0 saturated carbocycles. The molecular formula is C15H25FN2O2. The number of rotatable bonds is 7. The lowest BCUT2D eigenvalue weighted by Gasteiger charge is -2.31. The van der Waals surface area contributed by atoms with Crippen molar-refractivity contribution in [2.24, 2.45) is 0 Å². The molecule has 0 aliphatic carbocycles. The van der Waals surface area contributed by atoms with Crippen molar-refractivity contribution in [2.75, 3.05) is 30.9 Å². The molecule has 0 saturated heterocycles. The Labute approximate surface area is 120 Å². The van der Waals surface area contributed by atoms with Gasteiger partial charge in [-0.15, -0.1) is 0 Å². The summed E-state index contributed by atoms with van der Waals surface area (Å²) in [6.45, 7) is 9.12. The lowest BCUT2D eigenvalue weighted by atomic mass is 10.2. The number of halogens is 1. The average Bonchev–Trinajstić information content (AvgIpc) is 2.35. The van der Waals surface area contributed by atoms with Crippen LogP contribution in [0.4, 0.5) is 15.8 Å². The fourth-order valence-electron chi connectivity index (χ4n) is 2.20. The third-order valence-corrected chi connectivity index (χ3v) is 3.03. The highest BCUT2D eigenvalue weighted by Gasteiger charge is 2.18. The summed E-state index contributed by atoms with van der Waals surface area (Å²) in [5, 5.41) is 0. The van der Waals surface area contributed by atoms with Crippen LogP contribution in [0, 0.1) is 5.82 Å². The minimum Gasteiger partial charge on any atom is -0.488 e. The summed E-state index contributed by atoms with van der Waals surface area (Å²) in [6, 6.07) is 3.12. The second-order valence-electron chi connectivity index (χ2n) is 5.10. The molecule has 1 aromatic carbocycles. The summed E-state index contributed by atoms with van der Waals surface area (Å²) in [6.07, 6.45) is -0.0903. The van der Waals surface area contributed by atoms with Gasteiger partial charge in [-0.25, -0.2) is 4.39 Å². The zero-order valence-electron chi connectivity index (χ0n) is 12.9. The molecule has 20 heavy (non-hydrogen) atoms. The molecule has 1 aromatic rings. The minimum atomic E-state index is -0.435. The van der Waals surface area contributed by atoms with Crippen LogP contribution < -0.4 is 15.4 Å². The van der Waals surface area contributed by atoms with Crippen LogP contribution in [0.1, 0.15) is 27.7 Å². The predicted molar refractivity (Wildman–Crippen MR) is 80.9 cm³/mol. The van der Waals surface area contributed by atoms with Crippen LogP contribution in [0.25, 0.3) is 0 Å². The van der Waals surface area contributed by atoms with Gasteiger partial charge in [0.2, 0.25) is 0 Å². The number of nitrogens with two attached hydrogens (primary N) is 1. The van der Waals surface area contributed by atoms with Crippen LogP contribution in [-0.4, -0.2) is 32.4 Å². The number of hydrogen-bond acceptors (Lipinski definition) is 4. The van der Waals surface area contributed by atoms with Crippen LogP contribution in [0.5, 0.6) is 5.75 Å². The van der Waals surface area contributed by atoms with Crippen molar-refractivity contribution in [3.05, 3.63) is 17.9 Å². The number of methoxy groups -OCH3 is 1. The first kappa shape index (κ1) is 16.6. The Morgan fingerprint density at radius 1 is 1.30 bits per heavy atom. The van der Waals surface area contributed by atoms with Gasteiger partial charge in [0.15, 0.2) is 11.6 Å². The molecule has 0 aliphatic rings. The van der Waals surface area contributed by atoms with Crippen molar-refractivity contribution >= 4 is 11.4 Å². The molecule has 4 nitrogen and oxygen atoms in total. The second-order valence-corrected chi connectivity index (χ2v) is 5.10. The molecule has 0 radical (unpaired) electrons. The summed E-state index contributed by atoms with van der Waals surface area (Å²) in [5.41, 5.74) is 7.13. The Bertz CT molecular complexity index is 438. The van der Waals surface area contributed by atoms with Gasteiger partial charge in [0.1, 0.15) is 0 Å². The van der Waals surface area contributed by atoms with Crippen molar-refractivity contribution in [3.63, 3.8) is 0 Å². The largest absolute Gasteiger partial charge is 0.488 e. The van der Waals surface area contributed by atoms with Crippen LogP contribution in [0.2, 0.25) is 0 Å². The number of anilines is 2. The first-order chi connectivity index (χ1) is 9.40. The maximum absolute atomic E-state index is 13.9. The molecule has 0 fully saturated rings. The van der Waals surface area contributed by atoms with E-state index in [-0.39, 0.29) is 17.9 Å². The van der Waals surface area contributed by atoms with Gasteiger partial charge in [0.25, 0.3) is 0 Å². The summed E-state index contributed by atoms with van der Waals surface area (Å²) in [4.78, 5) is 2.07. The van der Waals surface area contributed by atoms with E-state index < -0.39 is 5.82 Å². The van der Waals surface area contributed by atoms with Crippen LogP contribution >= 0.6 is 0 Å². The highest BCUT2D eigenvalue weighted by molar-refractivity contribution is 5.70. The summed E-state index contributed by atoms with van der Waals surface area (Å²) < 4.78 is 24.5. The SMILES string of the molecule is CCN(c1cc(OC(C)C)c(F)cc1N)C(C)COC. The molecule has 0 aromatic heterocycles. The van der Waals surface area contributed by atoms with Crippen LogP contribution in [0.15, 0.2) is 12.1 Å². The molecule has 5 heteroatoms. The minimum absolute atomic E-state index is 0.0903. The third kappa shape index (κ3) is 4.00. The van der Waals surface area contributed by atoms with E-state index >= 15 is 0 Å². The van der Waals surface area contributed by atoms with Gasteiger partial charge in [-0.2, -0.15) is 0 Å². The number of nitrogen functional groups attached to an aromatic ring is 1. The molecule has 0 amide bonds. The molecule has 0 heterocycles. The topological polar surface area (TPSA) is 47.7 Å². The standard InChI is InChI=1S/C15H25FN2O2/c1-6-18(11(4)9-19-5)14-8-15(20-10(2)3)12(16)7-13(14)17/h7-8,10-11H,6,9,17H2,1-5H3. The van der Waals surface area contributed by atoms with Crippen molar-refractivity contribution in [2.45, 2.75) is 39.8 Å². The van der Waals surface area contributed by atoms with Crippen molar-refractivity contribution in [3.8, 4) is 5.75 Å². The van der Waals surface area contributed by atoms with E-state index in [4.69, 9.17) is 15.2 Å². The van der Waals surface area contributed by atoms with Gasteiger partial charge in [-0.3, -0.25) is 0 Å². The number of ether oxygens (including phenoxy) is 2. The van der Waals surface area contributed by atoms with E-state index in [0.29, 0.717) is 12.3 Å². The van der Waals surface area contributed by atoms with E-state index in [1.54, 1.807) is 13.2 Å². The summed E-state index contributed by atoms with van der Waals surface area (Å²) >= 11 is 0. The Hall–Kier alpha value is -1.49.